The molecule has 11 heavy (non-hydrogen) atoms. The molecule has 4 unspecified atom stereocenters. The molecular formula is C9H18FP. The molecule has 0 aliphatic heterocycles. The van der Waals surface area contributed by atoms with Crippen LogP contribution in [0.25, 0.3) is 0 Å². The van der Waals surface area contributed by atoms with Crippen LogP contribution in [0.15, 0.2) is 0 Å². The summed E-state index contributed by atoms with van der Waals surface area (Å²) >= 11 is 0. The molecule has 1 aliphatic carbocycles. The van der Waals surface area contributed by atoms with Crippen molar-refractivity contribution in [3.8, 4) is 0 Å². The van der Waals surface area contributed by atoms with Gasteiger partial charge in [-0.05, 0) is 31.8 Å². The fraction of sp³-hybridized carbons (Fsp3) is 0.889. The SMILES string of the molecule is C=[PH](C)C1CCC(C)CC1F. The van der Waals surface area contributed by atoms with Gasteiger partial charge in [0.05, 0.1) is 0 Å². The van der Waals surface area contributed by atoms with E-state index in [0.29, 0.717) is 11.6 Å². The Morgan fingerprint density at radius 2 is 2.09 bits per heavy atom. The van der Waals surface area contributed by atoms with Crippen LogP contribution in [-0.2, 0) is 0 Å². The molecular weight excluding hydrogens is 158 g/mol. The van der Waals surface area contributed by atoms with E-state index in [4.69, 9.17) is 0 Å². The van der Waals surface area contributed by atoms with Gasteiger partial charge < -0.3 is 0 Å². The molecule has 0 aromatic rings. The second-order valence-electron chi connectivity index (χ2n) is 3.89. The molecule has 0 nitrogen and oxygen atoms in total. The molecule has 1 saturated carbocycles. The van der Waals surface area contributed by atoms with Gasteiger partial charge in [0, 0.05) is 5.66 Å². The Morgan fingerprint density at radius 3 is 2.55 bits per heavy atom. The predicted molar refractivity (Wildman–Crippen MR) is 53.1 cm³/mol. The van der Waals surface area contributed by atoms with Gasteiger partial charge in [-0.15, -0.1) is 13.8 Å². The molecule has 0 aromatic carbocycles. The third-order valence-corrected chi connectivity index (χ3v) is 4.58. The van der Waals surface area contributed by atoms with Crippen molar-refractivity contribution in [2.75, 3.05) is 6.66 Å². The topological polar surface area (TPSA) is 0 Å². The van der Waals surface area contributed by atoms with Gasteiger partial charge in [-0.1, -0.05) is 6.92 Å². The number of rotatable bonds is 1. The molecule has 0 amide bonds. The predicted octanol–water partition coefficient (Wildman–Crippen LogP) is 2.79. The molecule has 66 valence electrons. The Balaban J connectivity index is 2.50. The minimum absolute atomic E-state index is 0.330. The molecule has 0 heterocycles. The fourth-order valence-electron chi connectivity index (χ4n) is 1.87. The molecule has 0 aromatic heterocycles. The van der Waals surface area contributed by atoms with Crippen molar-refractivity contribution in [1.82, 2.24) is 0 Å². The summed E-state index contributed by atoms with van der Waals surface area (Å²) in [5.74, 6) is 0.600. The van der Waals surface area contributed by atoms with Gasteiger partial charge in [-0.25, -0.2) is 4.39 Å². The largest absolute Gasteiger partial charge is 0.247 e. The van der Waals surface area contributed by atoms with E-state index in [1.54, 1.807) is 0 Å². The Kier molecular flexibility index (Phi) is 3.18. The number of alkyl halides is 1. The first-order valence-corrected chi connectivity index (χ1v) is 6.69. The van der Waals surface area contributed by atoms with Crippen LogP contribution in [0.2, 0.25) is 0 Å². The van der Waals surface area contributed by atoms with E-state index in [1.165, 1.54) is 6.42 Å². The van der Waals surface area contributed by atoms with E-state index >= 15 is 0 Å². The minimum Gasteiger partial charge on any atom is -0.247 e. The van der Waals surface area contributed by atoms with Crippen LogP contribution in [0.4, 0.5) is 4.39 Å². The van der Waals surface area contributed by atoms with Gasteiger partial charge in [0.2, 0.25) is 0 Å². The first-order valence-electron chi connectivity index (χ1n) is 4.40. The van der Waals surface area contributed by atoms with E-state index in [0.717, 1.165) is 12.8 Å². The van der Waals surface area contributed by atoms with Gasteiger partial charge in [0.25, 0.3) is 0 Å². The highest BCUT2D eigenvalue weighted by Crippen LogP contribution is 2.38. The van der Waals surface area contributed by atoms with Crippen molar-refractivity contribution >= 4 is 13.8 Å². The lowest BCUT2D eigenvalue weighted by molar-refractivity contribution is 0.214. The molecule has 1 rings (SSSR count). The van der Waals surface area contributed by atoms with E-state index in [9.17, 15) is 4.39 Å². The maximum atomic E-state index is 13.3. The first-order chi connectivity index (χ1) is 5.11. The molecule has 0 saturated heterocycles. The molecule has 4 atom stereocenters. The standard InChI is InChI=1S/C9H18FP/c1-7-4-5-9(11(2)3)8(10)6-7/h7-9,11H,2,4-6H2,1,3H3. The van der Waals surface area contributed by atoms with Gasteiger partial charge in [-0.2, -0.15) is 0 Å². The zero-order valence-corrected chi connectivity index (χ0v) is 8.44. The van der Waals surface area contributed by atoms with E-state index in [1.807, 2.05) is 0 Å². The number of hydrogen-bond acceptors (Lipinski definition) is 0. The van der Waals surface area contributed by atoms with Crippen molar-refractivity contribution in [2.24, 2.45) is 5.92 Å². The van der Waals surface area contributed by atoms with Crippen LogP contribution < -0.4 is 0 Å². The summed E-state index contributed by atoms with van der Waals surface area (Å²) in [5.41, 5.74) is 0.330. The van der Waals surface area contributed by atoms with Crippen LogP contribution >= 0.6 is 7.55 Å². The van der Waals surface area contributed by atoms with Crippen molar-refractivity contribution in [2.45, 2.75) is 38.0 Å². The quantitative estimate of drug-likeness (QED) is 0.539. The normalized spacial score (nSPS) is 41.9. The summed E-state index contributed by atoms with van der Waals surface area (Å²) < 4.78 is 13.3. The van der Waals surface area contributed by atoms with Gasteiger partial charge in [-0.3, -0.25) is 0 Å². The summed E-state index contributed by atoms with van der Waals surface area (Å²) in [6.07, 6.45) is 6.52. The van der Waals surface area contributed by atoms with Crippen LogP contribution in [0.1, 0.15) is 26.2 Å². The summed E-state index contributed by atoms with van der Waals surface area (Å²) in [7, 11) is -0.632. The van der Waals surface area contributed by atoms with Crippen molar-refractivity contribution in [1.29, 1.82) is 0 Å². The highest BCUT2D eigenvalue weighted by atomic mass is 31.1. The highest BCUT2D eigenvalue weighted by Gasteiger charge is 2.27. The van der Waals surface area contributed by atoms with Gasteiger partial charge in [0.15, 0.2) is 0 Å². The molecule has 0 bridgehead atoms. The molecule has 0 radical (unpaired) electrons. The minimum atomic E-state index is -0.632. The Labute approximate surface area is 69.6 Å². The molecule has 1 fully saturated rings. The average Bonchev–Trinajstić information content (AvgIpc) is 1.85. The Hall–Kier alpha value is 0.230. The van der Waals surface area contributed by atoms with Crippen LogP contribution in [-0.4, -0.2) is 24.8 Å². The second-order valence-corrected chi connectivity index (χ2v) is 6.32. The second kappa shape index (κ2) is 3.76. The summed E-state index contributed by atoms with van der Waals surface area (Å²) in [5, 5.41) is 0. The monoisotopic (exact) mass is 176 g/mol. The van der Waals surface area contributed by atoms with Crippen LogP contribution in [0, 0.1) is 5.92 Å². The lowest BCUT2D eigenvalue weighted by atomic mass is 9.89. The molecule has 1 aliphatic rings. The average molecular weight is 176 g/mol. The van der Waals surface area contributed by atoms with E-state index in [2.05, 4.69) is 19.9 Å². The third-order valence-electron chi connectivity index (χ3n) is 2.67. The van der Waals surface area contributed by atoms with Crippen molar-refractivity contribution in [3.63, 3.8) is 0 Å². The van der Waals surface area contributed by atoms with E-state index < -0.39 is 13.7 Å². The molecule has 2 heteroatoms. The van der Waals surface area contributed by atoms with Gasteiger partial charge >= 0.3 is 0 Å². The number of hydrogen-bond donors (Lipinski definition) is 0. The van der Waals surface area contributed by atoms with Crippen molar-refractivity contribution < 1.29 is 4.39 Å². The highest BCUT2D eigenvalue weighted by molar-refractivity contribution is 7.55. The maximum Gasteiger partial charge on any atom is 0.107 e. The number of halogens is 1. The molecule has 0 N–H and O–H groups in total. The summed E-state index contributed by atoms with van der Waals surface area (Å²) in [6, 6.07) is 0. The lowest BCUT2D eigenvalue weighted by Crippen LogP contribution is -2.26. The zero-order valence-electron chi connectivity index (χ0n) is 7.44. The van der Waals surface area contributed by atoms with Gasteiger partial charge in [0.1, 0.15) is 6.17 Å². The van der Waals surface area contributed by atoms with Crippen LogP contribution in [0.3, 0.4) is 0 Å². The smallest absolute Gasteiger partial charge is 0.107 e. The lowest BCUT2D eigenvalue weighted by Gasteiger charge is -2.30. The third kappa shape index (κ3) is 2.33. The van der Waals surface area contributed by atoms with Crippen molar-refractivity contribution in [3.05, 3.63) is 0 Å². The Bertz CT molecular complexity index is 156. The first kappa shape index (κ1) is 9.32. The zero-order chi connectivity index (χ0) is 8.43. The van der Waals surface area contributed by atoms with E-state index in [-0.39, 0.29) is 0 Å². The maximum absolute atomic E-state index is 13.3. The van der Waals surface area contributed by atoms with Crippen LogP contribution in [0.5, 0.6) is 0 Å². The summed E-state index contributed by atoms with van der Waals surface area (Å²) in [4.78, 5) is 0. The summed E-state index contributed by atoms with van der Waals surface area (Å²) in [6.45, 7) is 4.27. The fourth-order valence-corrected chi connectivity index (χ4v) is 3.28. The Morgan fingerprint density at radius 1 is 1.45 bits per heavy atom. The molecule has 0 spiro atoms.